The molecule has 0 aliphatic heterocycles. The second kappa shape index (κ2) is 5.45. The first-order valence-electron chi connectivity index (χ1n) is 6.83. The predicted molar refractivity (Wildman–Crippen MR) is 77.1 cm³/mol. The minimum atomic E-state index is -3.86. The molecule has 1 fully saturated rings. The van der Waals surface area contributed by atoms with Gasteiger partial charge in [0.05, 0.1) is 17.0 Å². The van der Waals surface area contributed by atoms with Crippen LogP contribution in [0.3, 0.4) is 0 Å². The van der Waals surface area contributed by atoms with Crippen molar-refractivity contribution in [1.29, 1.82) is 0 Å². The van der Waals surface area contributed by atoms with Crippen LogP contribution in [0.2, 0.25) is 0 Å². The topological polar surface area (TPSA) is 84.2 Å². The summed E-state index contributed by atoms with van der Waals surface area (Å²) in [7, 11) is -3.86. The second-order valence-electron chi connectivity index (χ2n) is 5.47. The average molecular weight is 325 g/mol. The van der Waals surface area contributed by atoms with Gasteiger partial charge in [-0.15, -0.1) is 0 Å². The summed E-state index contributed by atoms with van der Waals surface area (Å²) in [5.41, 5.74) is 0.526. The van der Waals surface area contributed by atoms with Crippen molar-refractivity contribution in [1.82, 2.24) is 14.5 Å². The lowest BCUT2D eigenvalue weighted by Crippen LogP contribution is -2.56. The zero-order valence-corrected chi connectivity index (χ0v) is 12.7. The highest BCUT2D eigenvalue weighted by Gasteiger charge is 2.44. The van der Waals surface area contributed by atoms with Crippen molar-refractivity contribution < 1.29 is 17.9 Å². The Bertz CT molecular complexity index is 756. The molecule has 1 saturated carbocycles. The number of rotatable bonds is 4. The van der Waals surface area contributed by atoms with Gasteiger partial charge in [-0.3, -0.25) is 4.68 Å². The Hall–Kier alpha value is -1.77. The van der Waals surface area contributed by atoms with Crippen LogP contribution < -0.4 is 4.72 Å². The Morgan fingerprint density at radius 3 is 2.77 bits per heavy atom. The number of aromatic nitrogens is 2. The van der Waals surface area contributed by atoms with Gasteiger partial charge < -0.3 is 5.11 Å². The standard InChI is InChI=1S/C14H16FN3O3S/c1-9-5-10(15)7-11(6-9)22(20,21)17-12-8-13(19)14(12)18-4-2-3-16-18/h2-7,12-14,17,19H,8H2,1H3/t12-,13+,14+/m0/s1. The number of aliphatic hydroxyl groups is 1. The van der Waals surface area contributed by atoms with E-state index in [-0.39, 0.29) is 11.3 Å². The van der Waals surface area contributed by atoms with E-state index in [1.165, 1.54) is 16.8 Å². The fourth-order valence-electron chi connectivity index (χ4n) is 2.67. The molecule has 6 nitrogen and oxygen atoms in total. The van der Waals surface area contributed by atoms with Crippen LogP contribution in [0.15, 0.2) is 41.6 Å². The van der Waals surface area contributed by atoms with Gasteiger partial charge in [0.1, 0.15) is 5.82 Å². The number of aliphatic hydroxyl groups excluding tert-OH is 1. The molecule has 0 unspecified atom stereocenters. The molecule has 0 radical (unpaired) electrons. The van der Waals surface area contributed by atoms with Crippen LogP contribution in [-0.4, -0.2) is 35.5 Å². The Kier molecular flexibility index (Phi) is 3.75. The molecule has 1 aliphatic carbocycles. The molecule has 22 heavy (non-hydrogen) atoms. The van der Waals surface area contributed by atoms with E-state index in [9.17, 15) is 17.9 Å². The van der Waals surface area contributed by atoms with Crippen molar-refractivity contribution in [3.8, 4) is 0 Å². The van der Waals surface area contributed by atoms with E-state index >= 15 is 0 Å². The van der Waals surface area contributed by atoms with Crippen LogP contribution in [0.5, 0.6) is 0 Å². The predicted octanol–water partition coefficient (Wildman–Crippen LogP) is 0.983. The minimum Gasteiger partial charge on any atom is -0.391 e. The smallest absolute Gasteiger partial charge is 0.241 e. The molecule has 3 rings (SSSR count). The van der Waals surface area contributed by atoms with Gasteiger partial charge in [-0.05, 0) is 43.2 Å². The molecule has 2 N–H and O–H groups in total. The van der Waals surface area contributed by atoms with Gasteiger partial charge in [0.25, 0.3) is 0 Å². The van der Waals surface area contributed by atoms with Crippen LogP contribution >= 0.6 is 0 Å². The van der Waals surface area contributed by atoms with Crippen molar-refractivity contribution >= 4 is 10.0 Å². The minimum absolute atomic E-state index is 0.120. The quantitative estimate of drug-likeness (QED) is 0.878. The third kappa shape index (κ3) is 2.77. The molecule has 3 atom stereocenters. The number of nitrogens with one attached hydrogen (secondary N) is 1. The molecule has 0 spiro atoms. The Morgan fingerprint density at radius 1 is 1.41 bits per heavy atom. The van der Waals surface area contributed by atoms with E-state index in [0.29, 0.717) is 5.56 Å². The maximum absolute atomic E-state index is 13.4. The maximum Gasteiger partial charge on any atom is 0.241 e. The summed E-state index contributed by atoms with van der Waals surface area (Å²) in [6, 6.07) is 4.41. The van der Waals surface area contributed by atoms with Gasteiger partial charge in [-0.25, -0.2) is 17.5 Å². The molecule has 1 aromatic heterocycles. The van der Waals surface area contributed by atoms with Crippen molar-refractivity contribution in [2.75, 3.05) is 0 Å². The molecule has 0 saturated heterocycles. The Balaban J connectivity index is 1.83. The summed E-state index contributed by atoms with van der Waals surface area (Å²) < 4.78 is 42.2. The summed E-state index contributed by atoms with van der Waals surface area (Å²) in [6.45, 7) is 1.63. The van der Waals surface area contributed by atoms with E-state index < -0.39 is 34.0 Å². The molecule has 2 aromatic rings. The fourth-order valence-corrected chi connectivity index (χ4v) is 4.05. The molecular weight excluding hydrogens is 309 g/mol. The lowest BCUT2D eigenvalue weighted by Gasteiger charge is -2.41. The first-order chi connectivity index (χ1) is 10.4. The second-order valence-corrected chi connectivity index (χ2v) is 7.19. The molecule has 0 amide bonds. The molecule has 8 heteroatoms. The molecule has 1 heterocycles. The zero-order chi connectivity index (χ0) is 15.9. The number of hydrogen-bond donors (Lipinski definition) is 2. The van der Waals surface area contributed by atoms with Crippen molar-refractivity contribution in [3.05, 3.63) is 48.0 Å². The van der Waals surface area contributed by atoms with E-state index in [1.807, 2.05) is 0 Å². The zero-order valence-electron chi connectivity index (χ0n) is 11.8. The number of nitrogens with zero attached hydrogens (tertiary/aromatic N) is 2. The molecule has 1 aromatic carbocycles. The third-order valence-corrected chi connectivity index (χ3v) is 5.23. The summed E-state index contributed by atoms with van der Waals surface area (Å²) in [6.07, 6.45) is 2.85. The van der Waals surface area contributed by atoms with Crippen LogP contribution in [0.4, 0.5) is 4.39 Å². The summed E-state index contributed by atoms with van der Waals surface area (Å²) >= 11 is 0. The monoisotopic (exact) mass is 325 g/mol. The SMILES string of the molecule is Cc1cc(F)cc(S(=O)(=O)N[C@H]2C[C@@H](O)[C@@H]2n2cccn2)c1. The Morgan fingerprint density at radius 2 is 2.18 bits per heavy atom. The van der Waals surface area contributed by atoms with Gasteiger partial charge in [0.2, 0.25) is 10.0 Å². The largest absolute Gasteiger partial charge is 0.391 e. The maximum atomic E-state index is 13.4. The number of benzene rings is 1. The van der Waals surface area contributed by atoms with Gasteiger partial charge in [-0.2, -0.15) is 5.10 Å². The third-order valence-electron chi connectivity index (χ3n) is 3.76. The molecular formula is C14H16FN3O3S. The first kappa shape index (κ1) is 15.1. The number of hydrogen-bond acceptors (Lipinski definition) is 4. The number of sulfonamides is 1. The van der Waals surface area contributed by atoms with Crippen molar-refractivity contribution in [3.63, 3.8) is 0 Å². The van der Waals surface area contributed by atoms with Gasteiger partial charge >= 0.3 is 0 Å². The molecule has 1 aliphatic rings. The highest BCUT2D eigenvalue weighted by molar-refractivity contribution is 7.89. The highest BCUT2D eigenvalue weighted by Crippen LogP contribution is 2.33. The van der Waals surface area contributed by atoms with E-state index in [4.69, 9.17) is 0 Å². The van der Waals surface area contributed by atoms with Crippen molar-refractivity contribution in [2.24, 2.45) is 0 Å². The average Bonchev–Trinajstić information content (AvgIpc) is 2.89. The summed E-state index contributed by atoms with van der Waals surface area (Å²) in [5, 5.41) is 13.9. The fraction of sp³-hybridized carbons (Fsp3) is 0.357. The van der Waals surface area contributed by atoms with Crippen LogP contribution in [0, 0.1) is 12.7 Å². The molecule has 118 valence electrons. The van der Waals surface area contributed by atoms with Crippen LogP contribution in [-0.2, 0) is 10.0 Å². The van der Waals surface area contributed by atoms with E-state index in [1.54, 1.807) is 25.4 Å². The normalized spacial score (nSPS) is 25.0. The van der Waals surface area contributed by atoms with E-state index in [0.717, 1.165) is 6.07 Å². The van der Waals surface area contributed by atoms with Crippen LogP contribution in [0.25, 0.3) is 0 Å². The lowest BCUT2D eigenvalue weighted by atomic mass is 9.84. The first-order valence-corrected chi connectivity index (χ1v) is 8.32. The van der Waals surface area contributed by atoms with Gasteiger partial charge in [-0.1, -0.05) is 0 Å². The number of halogens is 1. The highest BCUT2D eigenvalue weighted by atomic mass is 32.2. The van der Waals surface area contributed by atoms with Gasteiger partial charge in [0, 0.05) is 18.4 Å². The summed E-state index contributed by atoms with van der Waals surface area (Å²) in [4.78, 5) is -0.120. The Labute approximate surface area is 127 Å². The lowest BCUT2D eigenvalue weighted by molar-refractivity contribution is 0.000537. The number of aryl methyl sites for hydroxylation is 1. The van der Waals surface area contributed by atoms with Crippen LogP contribution in [0.1, 0.15) is 18.0 Å². The van der Waals surface area contributed by atoms with E-state index in [2.05, 4.69) is 9.82 Å². The van der Waals surface area contributed by atoms with Gasteiger partial charge in [0.15, 0.2) is 0 Å². The summed E-state index contributed by atoms with van der Waals surface area (Å²) in [5.74, 6) is -0.599. The van der Waals surface area contributed by atoms with Crippen molar-refractivity contribution in [2.45, 2.75) is 36.4 Å². The molecule has 0 bridgehead atoms.